The number of hydrogen-bond donors (Lipinski definition) is 0. The average Bonchev–Trinajstić information content (AvgIpc) is 2.92. The van der Waals surface area contributed by atoms with E-state index in [-0.39, 0.29) is 17.7 Å². The van der Waals surface area contributed by atoms with Gasteiger partial charge in [0.1, 0.15) is 5.82 Å². The van der Waals surface area contributed by atoms with E-state index in [4.69, 9.17) is 9.72 Å². The second-order valence-corrected chi connectivity index (χ2v) is 8.81. The molecule has 0 fully saturated rings. The molecule has 38 heavy (non-hydrogen) atoms. The molecule has 0 spiro atoms. The van der Waals surface area contributed by atoms with Crippen molar-refractivity contribution in [1.82, 2.24) is 14.5 Å². The Morgan fingerprint density at radius 2 is 1.66 bits per heavy atom. The van der Waals surface area contributed by atoms with Gasteiger partial charge >= 0.3 is 6.18 Å². The van der Waals surface area contributed by atoms with Crippen molar-refractivity contribution < 1.29 is 22.7 Å². The number of alkyl halides is 3. The number of amides is 1. The molecule has 6 nitrogen and oxygen atoms in total. The lowest BCUT2D eigenvalue weighted by Crippen LogP contribution is -2.39. The molecule has 3 aromatic carbocycles. The van der Waals surface area contributed by atoms with E-state index in [1.807, 2.05) is 25.1 Å². The highest BCUT2D eigenvalue weighted by molar-refractivity contribution is 5.94. The third-order valence-corrected chi connectivity index (χ3v) is 6.34. The summed E-state index contributed by atoms with van der Waals surface area (Å²) in [5, 5.41) is 0.440. The van der Waals surface area contributed by atoms with Crippen molar-refractivity contribution in [3.05, 3.63) is 106 Å². The van der Waals surface area contributed by atoms with Crippen LogP contribution in [0.3, 0.4) is 0 Å². The largest absolute Gasteiger partial charge is 0.416 e. The molecule has 0 aliphatic carbocycles. The second-order valence-electron chi connectivity index (χ2n) is 8.81. The number of nitrogens with zero attached hydrogens (tertiary/aromatic N) is 3. The zero-order valence-electron chi connectivity index (χ0n) is 21.1. The molecule has 0 N–H and O–H groups in total. The smallest absolute Gasteiger partial charge is 0.385 e. The van der Waals surface area contributed by atoms with Gasteiger partial charge in [-0.05, 0) is 61.4 Å². The van der Waals surface area contributed by atoms with E-state index in [0.29, 0.717) is 41.9 Å². The van der Waals surface area contributed by atoms with Crippen LogP contribution < -0.4 is 5.56 Å². The molecule has 198 valence electrons. The number of methoxy groups -OCH3 is 1. The molecular formula is C29H28F3N3O3. The molecular weight excluding hydrogens is 495 g/mol. The number of hydrogen-bond acceptors (Lipinski definition) is 4. The molecule has 4 rings (SSSR count). The maximum absolute atomic E-state index is 13.8. The Labute approximate surface area is 218 Å². The molecule has 0 radical (unpaired) electrons. The van der Waals surface area contributed by atoms with Crippen molar-refractivity contribution in [2.75, 3.05) is 20.3 Å². The van der Waals surface area contributed by atoms with Crippen LogP contribution in [0.4, 0.5) is 13.2 Å². The number of fused-ring (bicyclic) bond motifs is 1. The van der Waals surface area contributed by atoms with Crippen molar-refractivity contribution in [1.29, 1.82) is 0 Å². The van der Waals surface area contributed by atoms with Crippen LogP contribution in [0.2, 0.25) is 0 Å². The monoisotopic (exact) mass is 523 g/mol. The van der Waals surface area contributed by atoms with Crippen molar-refractivity contribution in [2.45, 2.75) is 32.0 Å². The van der Waals surface area contributed by atoms with Gasteiger partial charge in [-0.3, -0.25) is 14.2 Å². The van der Waals surface area contributed by atoms with Gasteiger partial charge in [-0.25, -0.2) is 4.98 Å². The van der Waals surface area contributed by atoms with E-state index >= 15 is 0 Å². The number of carbonyl (C=O) groups excluding carboxylic acids is 1. The minimum absolute atomic E-state index is 0.114. The van der Waals surface area contributed by atoms with E-state index in [2.05, 4.69) is 0 Å². The van der Waals surface area contributed by atoms with Crippen molar-refractivity contribution in [3.8, 4) is 5.69 Å². The fourth-order valence-electron chi connectivity index (χ4n) is 4.49. The number of carbonyl (C=O) groups is 1. The van der Waals surface area contributed by atoms with Crippen LogP contribution in [-0.4, -0.2) is 40.6 Å². The normalized spacial score (nSPS) is 12.4. The zero-order chi connectivity index (χ0) is 27.3. The Hall–Kier alpha value is -3.98. The first-order chi connectivity index (χ1) is 18.3. The Bertz CT molecular complexity index is 1450. The van der Waals surface area contributed by atoms with Crippen LogP contribution in [0.1, 0.15) is 47.6 Å². The van der Waals surface area contributed by atoms with Crippen molar-refractivity contribution >= 4 is 16.8 Å². The van der Waals surface area contributed by atoms with Crippen LogP contribution in [-0.2, 0) is 10.9 Å². The first-order valence-electron chi connectivity index (χ1n) is 12.3. The van der Waals surface area contributed by atoms with Crippen LogP contribution in [0.5, 0.6) is 0 Å². The van der Waals surface area contributed by atoms with Crippen LogP contribution in [0, 0.1) is 0 Å². The summed E-state index contributed by atoms with van der Waals surface area (Å²) < 4.78 is 46.0. The molecule has 9 heteroatoms. The van der Waals surface area contributed by atoms with Gasteiger partial charge in [0.2, 0.25) is 0 Å². The lowest BCUT2D eigenvalue weighted by atomic mass is 10.1. The topological polar surface area (TPSA) is 64.4 Å². The summed E-state index contributed by atoms with van der Waals surface area (Å²) >= 11 is 0. The van der Waals surface area contributed by atoms with Crippen molar-refractivity contribution in [3.63, 3.8) is 0 Å². The molecule has 0 saturated heterocycles. The molecule has 1 heterocycles. The lowest BCUT2D eigenvalue weighted by Gasteiger charge is -2.32. The molecule has 4 aromatic rings. The Morgan fingerprint density at radius 1 is 1.00 bits per heavy atom. The SMILES string of the molecule is CCC(c1nc2ccccc2c(=O)n1-c1ccccc1)N(CCCOC)C(=O)c1ccc(C(F)(F)F)cc1. The van der Waals surface area contributed by atoms with Gasteiger partial charge in [-0.15, -0.1) is 0 Å². The van der Waals surface area contributed by atoms with Crippen LogP contribution in [0.15, 0.2) is 83.7 Å². The summed E-state index contributed by atoms with van der Waals surface area (Å²) in [7, 11) is 1.55. The van der Waals surface area contributed by atoms with E-state index in [0.717, 1.165) is 12.1 Å². The highest BCUT2D eigenvalue weighted by Crippen LogP contribution is 2.31. The Balaban J connectivity index is 1.86. The predicted molar refractivity (Wildman–Crippen MR) is 139 cm³/mol. The fourth-order valence-corrected chi connectivity index (χ4v) is 4.49. The van der Waals surface area contributed by atoms with Crippen LogP contribution >= 0.6 is 0 Å². The van der Waals surface area contributed by atoms with E-state index < -0.39 is 23.7 Å². The first kappa shape index (κ1) is 27.1. The zero-order valence-corrected chi connectivity index (χ0v) is 21.1. The summed E-state index contributed by atoms with van der Waals surface area (Å²) in [5.41, 5.74) is 0.110. The Kier molecular flexibility index (Phi) is 8.26. The summed E-state index contributed by atoms with van der Waals surface area (Å²) in [5.74, 6) is -0.0798. The third kappa shape index (κ3) is 5.62. The molecule has 0 saturated carbocycles. The summed E-state index contributed by atoms with van der Waals surface area (Å²) in [6.45, 7) is 2.51. The number of halogens is 3. The van der Waals surface area contributed by atoms with Gasteiger partial charge in [0, 0.05) is 25.8 Å². The number of para-hydroxylation sites is 2. The van der Waals surface area contributed by atoms with E-state index in [1.165, 1.54) is 16.7 Å². The summed E-state index contributed by atoms with van der Waals surface area (Å²) in [6, 6.07) is 19.6. The van der Waals surface area contributed by atoms with Gasteiger partial charge in [-0.1, -0.05) is 37.3 Å². The van der Waals surface area contributed by atoms with Crippen LogP contribution in [0.25, 0.3) is 16.6 Å². The molecule has 1 atom stereocenters. The highest BCUT2D eigenvalue weighted by atomic mass is 19.4. The molecule has 0 bridgehead atoms. The summed E-state index contributed by atoms with van der Waals surface area (Å²) in [4.78, 5) is 33.9. The lowest BCUT2D eigenvalue weighted by molar-refractivity contribution is -0.137. The van der Waals surface area contributed by atoms with Gasteiger partial charge < -0.3 is 9.64 Å². The molecule has 1 aromatic heterocycles. The number of benzene rings is 3. The van der Waals surface area contributed by atoms with Gasteiger partial charge in [0.15, 0.2) is 0 Å². The van der Waals surface area contributed by atoms with Crippen molar-refractivity contribution in [2.24, 2.45) is 0 Å². The Morgan fingerprint density at radius 3 is 2.29 bits per heavy atom. The van der Waals surface area contributed by atoms with Gasteiger partial charge in [0.25, 0.3) is 11.5 Å². The number of ether oxygens (including phenoxy) is 1. The molecule has 0 aliphatic rings. The van der Waals surface area contributed by atoms with E-state index in [1.54, 1.807) is 48.4 Å². The standard InChI is InChI=1S/C29H28F3N3O3/c1-3-25(34(18-9-19-38-2)27(36)20-14-16-21(17-15-20)29(30,31)32)26-33-24-13-8-7-12-23(24)28(37)35(26)22-10-5-4-6-11-22/h4-8,10-17,25H,3,9,18-19H2,1-2H3. The predicted octanol–water partition coefficient (Wildman–Crippen LogP) is 6.03. The number of aromatic nitrogens is 2. The minimum Gasteiger partial charge on any atom is -0.385 e. The molecule has 1 amide bonds. The quantitative estimate of drug-likeness (QED) is 0.251. The second kappa shape index (κ2) is 11.6. The molecule has 1 unspecified atom stereocenters. The van der Waals surface area contributed by atoms with Gasteiger partial charge in [0.05, 0.1) is 28.2 Å². The van der Waals surface area contributed by atoms with E-state index in [9.17, 15) is 22.8 Å². The third-order valence-electron chi connectivity index (χ3n) is 6.34. The minimum atomic E-state index is -4.51. The number of rotatable bonds is 9. The maximum Gasteiger partial charge on any atom is 0.416 e. The van der Waals surface area contributed by atoms with Gasteiger partial charge in [-0.2, -0.15) is 13.2 Å². The fraction of sp³-hybridized carbons (Fsp3) is 0.276. The first-order valence-corrected chi connectivity index (χ1v) is 12.3. The summed E-state index contributed by atoms with van der Waals surface area (Å²) in [6.07, 6.45) is -3.61. The maximum atomic E-state index is 13.8. The molecule has 0 aliphatic heterocycles. The average molecular weight is 524 g/mol. The highest BCUT2D eigenvalue weighted by Gasteiger charge is 2.32.